The van der Waals surface area contributed by atoms with Gasteiger partial charge in [0.1, 0.15) is 11.4 Å². The second-order valence-electron chi connectivity index (χ2n) is 5.84. The lowest BCUT2D eigenvalue weighted by atomic mass is 10.2. The molecule has 2 nitrogen and oxygen atoms in total. The van der Waals surface area contributed by atoms with Gasteiger partial charge < -0.3 is 0 Å². The number of allylic oxidation sites excluding steroid dienone is 2. The highest BCUT2D eigenvalue weighted by molar-refractivity contribution is 5.50. The lowest BCUT2D eigenvalue weighted by Crippen LogP contribution is -1.83. The van der Waals surface area contributed by atoms with Crippen LogP contribution in [-0.4, -0.2) is 9.97 Å². The molecular formula is C24H24N2. The Bertz CT molecular complexity index is 773. The third-order valence-electron chi connectivity index (χ3n) is 3.55. The average molecular weight is 340 g/mol. The Kier molecular flexibility index (Phi) is 8.47. The molecule has 0 radical (unpaired) electrons. The molecule has 2 aromatic heterocycles. The first-order valence-electron chi connectivity index (χ1n) is 9.09. The zero-order valence-corrected chi connectivity index (χ0v) is 15.5. The monoisotopic (exact) mass is 340 g/mol. The lowest BCUT2D eigenvalue weighted by Gasteiger charge is -1.93. The topological polar surface area (TPSA) is 25.8 Å². The van der Waals surface area contributed by atoms with Crippen molar-refractivity contribution in [2.75, 3.05) is 0 Å². The fraction of sp³-hybridized carbons (Fsp3) is 0.250. The van der Waals surface area contributed by atoms with Gasteiger partial charge in [-0.15, -0.1) is 0 Å². The van der Waals surface area contributed by atoms with Gasteiger partial charge in [0.2, 0.25) is 0 Å². The van der Waals surface area contributed by atoms with Gasteiger partial charge in [-0.2, -0.15) is 0 Å². The highest BCUT2D eigenvalue weighted by atomic mass is 14.7. The molecule has 0 atom stereocenters. The summed E-state index contributed by atoms with van der Waals surface area (Å²) in [6.07, 6.45) is 16.6. The van der Waals surface area contributed by atoms with Gasteiger partial charge in [-0.05, 0) is 59.8 Å². The van der Waals surface area contributed by atoms with Crippen LogP contribution in [-0.2, 0) is 0 Å². The summed E-state index contributed by atoms with van der Waals surface area (Å²) in [5.41, 5.74) is 3.62. The van der Waals surface area contributed by atoms with E-state index in [-0.39, 0.29) is 0 Å². The van der Waals surface area contributed by atoms with Crippen LogP contribution in [0.1, 0.15) is 62.0 Å². The van der Waals surface area contributed by atoms with Crippen molar-refractivity contribution in [2.45, 2.75) is 39.5 Å². The van der Waals surface area contributed by atoms with Crippen molar-refractivity contribution in [2.24, 2.45) is 0 Å². The number of unbranched alkanes of at least 4 members (excludes halogenated alkanes) is 2. The van der Waals surface area contributed by atoms with Crippen LogP contribution in [0, 0.1) is 23.7 Å². The third-order valence-corrected chi connectivity index (χ3v) is 3.55. The number of rotatable bonds is 6. The van der Waals surface area contributed by atoms with E-state index in [2.05, 4.69) is 71.8 Å². The number of pyridine rings is 2. The average Bonchev–Trinajstić information content (AvgIpc) is 2.68. The molecule has 2 heterocycles. The SMILES string of the molecule is CCC/C=C/c1ccc(C#CC#Cc2ccc(/C=C/CCC)cn2)nc1. The van der Waals surface area contributed by atoms with Crippen molar-refractivity contribution in [3.8, 4) is 23.7 Å². The maximum atomic E-state index is 4.33. The van der Waals surface area contributed by atoms with E-state index in [1.54, 1.807) is 0 Å². The minimum Gasteiger partial charge on any atom is -0.247 e. The molecule has 0 aliphatic heterocycles. The molecule has 0 spiro atoms. The summed E-state index contributed by atoms with van der Waals surface area (Å²) in [6, 6.07) is 7.86. The van der Waals surface area contributed by atoms with Gasteiger partial charge in [-0.1, -0.05) is 63.1 Å². The van der Waals surface area contributed by atoms with Crippen LogP contribution in [0.15, 0.2) is 48.8 Å². The van der Waals surface area contributed by atoms with Gasteiger partial charge in [0, 0.05) is 12.4 Å². The molecule has 0 amide bonds. The van der Waals surface area contributed by atoms with Gasteiger partial charge in [0.05, 0.1) is 0 Å². The fourth-order valence-electron chi connectivity index (χ4n) is 2.12. The zero-order valence-electron chi connectivity index (χ0n) is 15.5. The molecule has 26 heavy (non-hydrogen) atoms. The summed E-state index contributed by atoms with van der Waals surface area (Å²) in [7, 11) is 0. The Morgan fingerprint density at radius 3 is 1.54 bits per heavy atom. The summed E-state index contributed by atoms with van der Waals surface area (Å²) in [5, 5.41) is 0. The normalized spacial score (nSPS) is 10.4. The lowest BCUT2D eigenvalue weighted by molar-refractivity contribution is 0.962. The van der Waals surface area contributed by atoms with Crippen LogP contribution in [0.25, 0.3) is 12.2 Å². The van der Waals surface area contributed by atoms with Gasteiger partial charge in [0.15, 0.2) is 0 Å². The molecule has 0 aromatic carbocycles. The van der Waals surface area contributed by atoms with Crippen LogP contribution >= 0.6 is 0 Å². The molecule has 130 valence electrons. The summed E-state index contributed by atoms with van der Waals surface area (Å²) < 4.78 is 0. The van der Waals surface area contributed by atoms with Crippen LogP contribution in [0.5, 0.6) is 0 Å². The fourth-order valence-corrected chi connectivity index (χ4v) is 2.12. The van der Waals surface area contributed by atoms with Crippen molar-refractivity contribution in [3.63, 3.8) is 0 Å². The van der Waals surface area contributed by atoms with E-state index in [0.717, 1.165) is 48.2 Å². The molecule has 0 saturated heterocycles. The van der Waals surface area contributed by atoms with Crippen molar-refractivity contribution < 1.29 is 0 Å². The van der Waals surface area contributed by atoms with Gasteiger partial charge in [0.25, 0.3) is 0 Å². The van der Waals surface area contributed by atoms with E-state index in [9.17, 15) is 0 Å². The summed E-state index contributed by atoms with van der Waals surface area (Å²) in [4.78, 5) is 8.67. The molecule has 2 rings (SSSR count). The standard InChI is InChI=1S/C24H24N2/c1-3-5-7-11-21-15-17-23(25-19-21)13-9-10-14-24-18-16-22(20-26-24)12-8-6-4-2/h7-8,11-12,15-20H,3-6H2,1-2H3/b11-7+,12-8+. The minimum absolute atomic E-state index is 0.719. The molecule has 2 heteroatoms. The molecule has 0 fully saturated rings. The van der Waals surface area contributed by atoms with E-state index in [1.807, 2.05) is 36.7 Å². The van der Waals surface area contributed by atoms with Crippen LogP contribution in [0.4, 0.5) is 0 Å². The van der Waals surface area contributed by atoms with E-state index in [1.165, 1.54) is 0 Å². The number of hydrogen-bond acceptors (Lipinski definition) is 2. The number of nitrogens with zero attached hydrogens (tertiary/aromatic N) is 2. The molecule has 2 aromatic rings. The van der Waals surface area contributed by atoms with Gasteiger partial charge >= 0.3 is 0 Å². The Balaban J connectivity index is 1.93. The first-order chi connectivity index (χ1) is 12.8. The summed E-state index contributed by atoms with van der Waals surface area (Å²) >= 11 is 0. The predicted octanol–water partition coefficient (Wildman–Crippen LogP) is 5.51. The van der Waals surface area contributed by atoms with Crippen LogP contribution in [0.3, 0.4) is 0 Å². The van der Waals surface area contributed by atoms with Crippen LogP contribution in [0.2, 0.25) is 0 Å². The molecule has 0 saturated carbocycles. The highest BCUT2D eigenvalue weighted by Gasteiger charge is 1.90. The minimum atomic E-state index is 0.719. The van der Waals surface area contributed by atoms with Gasteiger partial charge in [-0.25, -0.2) is 9.97 Å². The second kappa shape index (κ2) is 11.5. The second-order valence-corrected chi connectivity index (χ2v) is 5.84. The zero-order chi connectivity index (χ0) is 18.5. The Hall–Kier alpha value is -3.10. The molecule has 0 aliphatic rings. The van der Waals surface area contributed by atoms with E-state index >= 15 is 0 Å². The maximum absolute atomic E-state index is 4.33. The van der Waals surface area contributed by atoms with E-state index in [4.69, 9.17) is 0 Å². The van der Waals surface area contributed by atoms with Crippen molar-refractivity contribution in [3.05, 3.63) is 71.3 Å². The third kappa shape index (κ3) is 7.20. The van der Waals surface area contributed by atoms with Gasteiger partial charge in [-0.3, -0.25) is 0 Å². The molecule has 0 unspecified atom stereocenters. The molecular weight excluding hydrogens is 316 g/mol. The molecule has 0 bridgehead atoms. The molecule has 0 aliphatic carbocycles. The first-order valence-corrected chi connectivity index (χ1v) is 9.09. The highest BCUT2D eigenvalue weighted by Crippen LogP contribution is 2.04. The number of aromatic nitrogens is 2. The Morgan fingerprint density at radius 1 is 0.731 bits per heavy atom. The largest absolute Gasteiger partial charge is 0.247 e. The van der Waals surface area contributed by atoms with Crippen molar-refractivity contribution in [1.29, 1.82) is 0 Å². The van der Waals surface area contributed by atoms with E-state index < -0.39 is 0 Å². The van der Waals surface area contributed by atoms with Crippen molar-refractivity contribution in [1.82, 2.24) is 9.97 Å². The van der Waals surface area contributed by atoms with Crippen molar-refractivity contribution >= 4 is 12.2 Å². The summed E-state index contributed by atoms with van der Waals surface area (Å²) in [5.74, 6) is 11.6. The van der Waals surface area contributed by atoms with Crippen LogP contribution < -0.4 is 0 Å². The van der Waals surface area contributed by atoms with E-state index in [0.29, 0.717) is 0 Å². The summed E-state index contributed by atoms with van der Waals surface area (Å²) in [6.45, 7) is 4.33. The Morgan fingerprint density at radius 2 is 1.19 bits per heavy atom. The Labute approximate surface area is 157 Å². The first kappa shape index (κ1) is 19.2. The smallest absolute Gasteiger partial charge is 0.114 e. The molecule has 0 N–H and O–H groups in total. The maximum Gasteiger partial charge on any atom is 0.114 e. The quantitative estimate of drug-likeness (QED) is 0.648. The predicted molar refractivity (Wildman–Crippen MR) is 110 cm³/mol. The number of hydrogen-bond donors (Lipinski definition) is 0.